The topological polar surface area (TPSA) is 71.5 Å². The molecule has 0 amide bonds. The summed E-state index contributed by atoms with van der Waals surface area (Å²) in [7, 11) is -6.75. The zero-order chi connectivity index (χ0) is 13.4. The number of sulfonamides is 1. The molecule has 2 rings (SSSR count). The third kappa shape index (κ3) is 2.57. The molecule has 18 heavy (non-hydrogen) atoms. The van der Waals surface area contributed by atoms with E-state index in [0.29, 0.717) is 6.42 Å². The molecule has 0 aromatic heterocycles. The van der Waals surface area contributed by atoms with Gasteiger partial charge in [-0.2, -0.15) is 0 Å². The SMILES string of the molecule is CS(=O)(=O)N1CC[C@H](S(=O)(=O)c2ccccc2)C1. The van der Waals surface area contributed by atoms with E-state index in [1.54, 1.807) is 30.3 Å². The molecule has 1 aliphatic heterocycles. The smallest absolute Gasteiger partial charge is 0.211 e. The van der Waals surface area contributed by atoms with E-state index < -0.39 is 25.1 Å². The average molecular weight is 289 g/mol. The van der Waals surface area contributed by atoms with Gasteiger partial charge in [0.05, 0.1) is 16.4 Å². The lowest BCUT2D eigenvalue weighted by molar-refractivity contribution is 0.482. The fourth-order valence-corrected chi connectivity index (χ4v) is 4.75. The lowest BCUT2D eigenvalue weighted by Gasteiger charge is -2.13. The molecule has 7 heteroatoms. The number of hydrogen-bond acceptors (Lipinski definition) is 4. The van der Waals surface area contributed by atoms with E-state index in [4.69, 9.17) is 0 Å². The zero-order valence-corrected chi connectivity index (χ0v) is 11.6. The van der Waals surface area contributed by atoms with E-state index >= 15 is 0 Å². The van der Waals surface area contributed by atoms with Crippen molar-refractivity contribution in [2.75, 3.05) is 19.3 Å². The summed E-state index contributed by atoms with van der Waals surface area (Å²) >= 11 is 0. The molecule has 1 aromatic rings. The van der Waals surface area contributed by atoms with Crippen molar-refractivity contribution in [2.45, 2.75) is 16.6 Å². The molecule has 5 nitrogen and oxygen atoms in total. The van der Waals surface area contributed by atoms with E-state index in [1.165, 1.54) is 4.31 Å². The summed E-state index contributed by atoms with van der Waals surface area (Å²) in [6.45, 7) is 0.325. The minimum absolute atomic E-state index is 0.0516. The second-order valence-electron chi connectivity index (χ2n) is 4.39. The van der Waals surface area contributed by atoms with Crippen LogP contribution in [-0.4, -0.2) is 45.7 Å². The largest absolute Gasteiger partial charge is 0.223 e. The summed E-state index contributed by atoms with van der Waals surface area (Å²) in [5.41, 5.74) is 0. The lowest BCUT2D eigenvalue weighted by Crippen LogP contribution is -2.31. The van der Waals surface area contributed by atoms with Crippen molar-refractivity contribution in [1.29, 1.82) is 0 Å². The molecular weight excluding hydrogens is 274 g/mol. The summed E-state index contributed by atoms with van der Waals surface area (Å²) in [6.07, 6.45) is 1.45. The highest BCUT2D eigenvalue weighted by atomic mass is 32.2. The number of sulfone groups is 1. The van der Waals surface area contributed by atoms with Crippen LogP contribution in [0.2, 0.25) is 0 Å². The van der Waals surface area contributed by atoms with Gasteiger partial charge in [-0.25, -0.2) is 21.1 Å². The minimum atomic E-state index is -3.44. The highest BCUT2D eigenvalue weighted by molar-refractivity contribution is 7.92. The van der Waals surface area contributed by atoms with Crippen LogP contribution in [0.5, 0.6) is 0 Å². The first kappa shape index (κ1) is 13.5. The molecule has 1 atom stereocenters. The molecule has 0 bridgehead atoms. The highest BCUT2D eigenvalue weighted by Gasteiger charge is 2.37. The minimum Gasteiger partial charge on any atom is -0.223 e. The molecule has 0 radical (unpaired) electrons. The van der Waals surface area contributed by atoms with Crippen molar-refractivity contribution >= 4 is 19.9 Å². The summed E-state index contributed by atoms with van der Waals surface area (Å²) in [6, 6.07) is 8.15. The molecule has 1 heterocycles. The molecule has 0 unspecified atom stereocenters. The standard InChI is InChI=1S/C11H15NO4S2/c1-17(13,14)12-8-7-11(9-12)18(15,16)10-5-3-2-4-6-10/h2-6,11H,7-9H2,1H3/t11-/m0/s1. The molecule has 1 aromatic carbocycles. The predicted molar refractivity (Wildman–Crippen MR) is 68.4 cm³/mol. The molecule has 1 fully saturated rings. The van der Waals surface area contributed by atoms with E-state index in [9.17, 15) is 16.8 Å². The van der Waals surface area contributed by atoms with E-state index in [1.807, 2.05) is 0 Å². The maximum Gasteiger partial charge on any atom is 0.211 e. The van der Waals surface area contributed by atoms with Crippen LogP contribution < -0.4 is 0 Å². The first-order valence-electron chi connectivity index (χ1n) is 5.56. The number of benzene rings is 1. The summed E-state index contributed by atoms with van der Waals surface area (Å²) in [4.78, 5) is 0.255. The fraction of sp³-hybridized carbons (Fsp3) is 0.455. The molecule has 100 valence electrons. The molecule has 1 aliphatic rings. The Bertz CT molecular complexity index is 622. The zero-order valence-electron chi connectivity index (χ0n) is 9.98. The van der Waals surface area contributed by atoms with Crippen molar-refractivity contribution in [2.24, 2.45) is 0 Å². The molecule has 0 N–H and O–H groups in total. The van der Waals surface area contributed by atoms with Crippen LogP contribution in [0, 0.1) is 0 Å². The van der Waals surface area contributed by atoms with Crippen LogP contribution in [0.25, 0.3) is 0 Å². The van der Waals surface area contributed by atoms with Crippen molar-refractivity contribution in [3.8, 4) is 0 Å². The number of hydrogen-bond donors (Lipinski definition) is 0. The van der Waals surface area contributed by atoms with Gasteiger partial charge in [-0.15, -0.1) is 0 Å². The van der Waals surface area contributed by atoms with Crippen molar-refractivity contribution < 1.29 is 16.8 Å². The molecule has 1 saturated heterocycles. The van der Waals surface area contributed by atoms with Gasteiger partial charge in [0.25, 0.3) is 0 Å². The Balaban J connectivity index is 2.25. The fourth-order valence-electron chi connectivity index (χ4n) is 2.05. The second kappa shape index (κ2) is 4.64. The molecular formula is C11H15NO4S2. The normalized spacial score (nSPS) is 22.2. The lowest BCUT2D eigenvalue weighted by atomic mass is 10.4. The number of nitrogens with zero attached hydrogens (tertiary/aromatic N) is 1. The monoisotopic (exact) mass is 289 g/mol. The third-order valence-corrected chi connectivity index (χ3v) is 6.55. The Kier molecular flexibility index (Phi) is 3.48. The van der Waals surface area contributed by atoms with Gasteiger partial charge in [-0.05, 0) is 18.6 Å². The van der Waals surface area contributed by atoms with Crippen molar-refractivity contribution in [3.63, 3.8) is 0 Å². The van der Waals surface area contributed by atoms with E-state index in [0.717, 1.165) is 6.26 Å². The van der Waals surface area contributed by atoms with Gasteiger partial charge >= 0.3 is 0 Å². The van der Waals surface area contributed by atoms with Gasteiger partial charge in [0, 0.05) is 13.1 Å². The average Bonchev–Trinajstić information content (AvgIpc) is 2.79. The van der Waals surface area contributed by atoms with Crippen LogP contribution in [0.15, 0.2) is 35.2 Å². The van der Waals surface area contributed by atoms with Crippen molar-refractivity contribution in [1.82, 2.24) is 4.31 Å². The van der Waals surface area contributed by atoms with Crippen LogP contribution in [0.4, 0.5) is 0 Å². The molecule has 0 spiro atoms. The maximum atomic E-state index is 12.3. The second-order valence-corrected chi connectivity index (χ2v) is 8.60. The van der Waals surface area contributed by atoms with Gasteiger partial charge in [-0.1, -0.05) is 18.2 Å². The molecule has 0 saturated carbocycles. The summed E-state index contributed by atoms with van der Waals surface area (Å²) in [5, 5.41) is -0.644. The van der Waals surface area contributed by atoms with Gasteiger partial charge < -0.3 is 0 Å². The Hall–Kier alpha value is -0.920. The Morgan fingerprint density at radius 3 is 2.22 bits per heavy atom. The predicted octanol–water partition coefficient (Wildman–Crippen LogP) is 0.494. The Morgan fingerprint density at radius 1 is 1.11 bits per heavy atom. The van der Waals surface area contributed by atoms with E-state index in [2.05, 4.69) is 0 Å². The van der Waals surface area contributed by atoms with Gasteiger partial charge in [-0.3, -0.25) is 0 Å². The van der Waals surface area contributed by atoms with Gasteiger partial charge in [0.2, 0.25) is 10.0 Å². The van der Waals surface area contributed by atoms with Gasteiger partial charge in [0.15, 0.2) is 9.84 Å². The number of rotatable bonds is 3. The van der Waals surface area contributed by atoms with E-state index in [-0.39, 0.29) is 18.0 Å². The van der Waals surface area contributed by atoms with Crippen LogP contribution in [-0.2, 0) is 19.9 Å². The van der Waals surface area contributed by atoms with Crippen LogP contribution in [0.3, 0.4) is 0 Å². The molecule has 0 aliphatic carbocycles. The third-order valence-electron chi connectivity index (χ3n) is 3.09. The summed E-state index contributed by atoms with van der Waals surface area (Å²) in [5.74, 6) is 0. The van der Waals surface area contributed by atoms with Gasteiger partial charge in [0.1, 0.15) is 0 Å². The first-order valence-corrected chi connectivity index (χ1v) is 8.95. The maximum absolute atomic E-state index is 12.3. The van der Waals surface area contributed by atoms with Crippen molar-refractivity contribution in [3.05, 3.63) is 30.3 Å². The van der Waals surface area contributed by atoms with Crippen LogP contribution in [0.1, 0.15) is 6.42 Å². The Labute approximate surface area is 107 Å². The Morgan fingerprint density at radius 2 is 1.72 bits per heavy atom. The quantitative estimate of drug-likeness (QED) is 0.812. The van der Waals surface area contributed by atoms with Crippen LogP contribution >= 0.6 is 0 Å². The summed E-state index contributed by atoms with van der Waals surface area (Å²) < 4.78 is 48.5. The first-order chi connectivity index (χ1) is 8.32. The highest BCUT2D eigenvalue weighted by Crippen LogP contribution is 2.24.